The molecule has 0 bridgehead atoms. The number of carboxylic acids is 1. The van der Waals surface area contributed by atoms with Crippen LogP contribution in [0.5, 0.6) is 0 Å². The zero-order valence-electron chi connectivity index (χ0n) is 10.7. The zero-order chi connectivity index (χ0) is 13.4. The molecule has 1 aliphatic carbocycles. The van der Waals surface area contributed by atoms with E-state index in [0.29, 0.717) is 13.1 Å². The molecule has 6 nitrogen and oxygen atoms in total. The smallest absolute Gasteiger partial charge is 0.354 e. The third-order valence-electron chi connectivity index (χ3n) is 4.39. The van der Waals surface area contributed by atoms with Gasteiger partial charge >= 0.3 is 5.97 Å². The molecule has 2 atom stereocenters. The van der Waals surface area contributed by atoms with Crippen LogP contribution in [-0.4, -0.2) is 46.8 Å². The summed E-state index contributed by atoms with van der Waals surface area (Å²) in [5.41, 5.74) is 0.0592. The number of carbonyl (C=O) groups is 2. The number of carbonyl (C=O) groups excluding carboxylic acids is 1. The van der Waals surface area contributed by atoms with Gasteiger partial charge in [-0.2, -0.15) is 0 Å². The topological polar surface area (TPSA) is 79.2 Å². The molecule has 2 fully saturated rings. The summed E-state index contributed by atoms with van der Waals surface area (Å²) in [5.74, 6) is -1.01. The fourth-order valence-corrected chi connectivity index (χ4v) is 3.32. The lowest BCUT2D eigenvalue weighted by atomic mass is 9.88. The van der Waals surface area contributed by atoms with Gasteiger partial charge in [-0.25, -0.2) is 4.79 Å². The van der Waals surface area contributed by atoms with Crippen LogP contribution in [0.2, 0.25) is 0 Å². The van der Waals surface area contributed by atoms with E-state index in [1.807, 2.05) is 0 Å². The van der Waals surface area contributed by atoms with Crippen molar-refractivity contribution in [3.63, 3.8) is 0 Å². The Balaban J connectivity index is 1.64. The van der Waals surface area contributed by atoms with Crippen molar-refractivity contribution >= 4 is 17.6 Å². The Hall–Kier alpha value is -1.59. The molecule has 104 valence electrons. The standard InChI is InChI=1S/C13H18N2O4/c16-12(8-4-2-1-3-5-8)15-6-9-10(7-15)19-14-11(9)13(17)18/h8-10H,1-7H2,(H,17,18). The Kier molecular flexibility index (Phi) is 3.16. The minimum Gasteiger partial charge on any atom is -0.477 e. The third-order valence-corrected chi connectivity index (χ3v) is 4.39. The van der Waals surface area contributed by atoms with Gasteiger partial charge in [-0.3, -0.25) is 4.79 Å². The molecule has 1 amide bonds. The number of hydrogen-bond acceptors (Lipinski definition) is 4. The van der Waals surface area contributed by atoms with E-state index in [1.54, 1.807) is 4.90 Å². The Labute approximate surface area is 111 Å². The van der Waals surface area contributed by atoms with Gasteiger partial charge in [0.2, 0.25) is 5.91 Å². The maximum absolute atomic E-state index is 12.4. The number of amides is 1. The number of oxime groups is 1. The summed E-state index contributed by atoms with van der Waals surface area (Å²) in [4.78, 5) is 30.3. The summed E-state index contributed by atoms with van der Waals surface area (Å²) >= 11 is 0. The SMILES string of the molecule is O=C(O)C1=NOC2CN(C(=O)C3CCCCC3)CC12. The maximum Gasteiger partial charge on any atom is 0.354 e. The van der Waals surface area contributed by atoms with E-state index in [9.17, 15) is 9.59 Å². The van der Waals surface area contributed by atoms with E-state index in [0.717, 1.165) is 25.7 Å². The molecule has 0 radical (unpaired) electrons. The number of rotatable bonds is 2. The van der Waals surface area contributed by atoms with Crippen LogP contribution in [0.4, 0.5) is 0 Å². The minimum absolute atomic E-state index is 0.0592. The maximum atomic E-state index is 12.4. The van der Waals surface area contributed by atoms with Gasteiger partial charge < -0.3 is 14.8 Å². The monoisotopic (exact) mass is 266 g/mol. The summed E-state index contributed by atoms with van der Waals surface area (Å²) in [7, 11) is 0. The van der Waals surface area contributed by atoms with E-state index < -0.39 is 5.97 Å². The average molecular weight is 266 g/mol. The largest absolute Gasteiger partial charge is 0.477 e. The van der Waals surface area contributed by atoms with Gasteiger partial charge in [-0.1, -0.05) is 24.4 Å². The van der Waals surface area contributed by atoms with Crippen LogP contribution in [-0.2, 0) is 14.4 Å². The highest BCUT2D eigenvalue weighted by Crippen LogP contribution is 2.31. The summed E-state index contributed by atoms with van der Waals surface area (Å²) in [5, 5.41) is 12.6. The van der Waals surface area contributed by atoms with Crippen LogP contribution in [0, 0.1) is 11.8 Å². The van der Waals surface area contributed by atoms with Crippen molar-refractivity contribution in [2.75, 3.05) is 13.1 Å². The van der Waals surface area contributed by atoms with Gasteiger partial charge in [0.25, 0.3) is 0 Å². The molecule has 2 heterocycles. The molecular formula is C13H18N2O4. The van der Waals surface area contributed by atoms with Gasteiger partial charge in [0.05, 0.1) is 12.5 Å². The Morgan fingerprint density at radius 2 is 1.95 bits per heavy atom. The van der Waals surface area contributed by atoms with E-state index >= 15 is 0 Å². The highest BCUT2D eigenvalue weighted by Gasteiger charge is 2.47. The van der Waals surface area contributed by atoms with Gasteiger partial charge in [-0.05, 0) is 12.8 Å². The van der Waals surface area contributed by atoms with Crippen LogP contribution in [0.3, 0.4) is 0 Å². The lowest BCUT2D eigenvalue weighted by Crippen LogP contribution is -2.36. The molecular weight excluding hydrogens is 248 g/mol. The molecule has 1 saturated heterocycles. The van der Waals surface area contributed by atoms with Gasteiger partial charge in [0.1, 0.15) is 0 Å². The molecule has 2 unspecified atom stereocenters. The van der Waals surface area contributed by atoms with E-state index in [2.05, 4.69) is 5.16 Å². The van der Waals surface area contributed by atoms with Crippen molar-refractivity contribution < 1.29 is 19.5 Å². The second-order valence-electron chi connectivity index (χ2n) is 5.61. The Morgan fingerprint density at radius 3 is 2.63 bits per heavy atom. The first-order valence-corrected chi connectivity index (χ1v) is 6.92. The fourth-order valence-electron chi connectivity index (χ4n) is 3.32. The van der Waals surface area contributed by atoms with E-state index in [1.165, 1.54) is 6.42 Å². The summed E-state index contributed by atoms with van der Waals surface area (Å²) in [6.07, 6.45) is 5.12. The first-order chi connectivity index (χ1) is 9.16. The second kappa shape index (κ2) is 4.83. The van der Waals surface area contributed by atoms with Crippen LogP contribution >= 0.6 is 0 Å². The van der Waals surface area contributed by atoms with Crippen molar-refractivity contribution in [3.05, 3.63) is 0 Å². The third kappa shape index (κ3) is 2.19. The Morgan fingerprint density at radius 1 is 1.21 bits per heavy atom. The molecule has 0 aromatic heterocycles. The Bertz CT molecular complexity index is 428. The van der Waals surface area contributed by atoms with Crippen molar-refractivity contribution in [1.29, 1.82) is 0 Å². The molecule has 3 aliphatic rings. The minimum atomic E-state index is -1.04. The molecule has 2 aliphatic heterocycles. The van der Waals surface area contributed by atoms with Crippen LogP contribution in [0.25, 0.3) is 0 Å². The fraction of sp³-hybridized carbons (Fsp3) is 0.769. The average Bonchev–Trinajstić information content (AvgIpc) is 2.98. The van der Waals surface area contributed by atoms with Crippen molar-refractivity contribution in [1.82, 2.24) is 4.90 Å². The number of hydrogen-bond donors (Lipinski definition) is 1. The zero-order valence-corrected chi connectivity index (χ0v) is 10.7. The van der Waals surface area contributed by atoms with Crippen molar-refractivity contribution in [3.8, 4) is 0 Å². The molecule has 1 saturated carbocycles. The number of fused-ring (bicyclic) bond motifs is 1. The first kappa shape index (κ1) is 12.4. The van der Waals surface area contributed by atoms with Gasteiger partial charge in [-0.15, -0.1) is 0 Å². The number of nitrogens with zero attached hydrogens (tertiary/aromatic N) is 2. The van der Waals surface area contributed by atoms with Crippen LogP contribution < -0.4 is 0 Å². The highest BCUT2D eigenvalue weighted by molar-refractivity contribution is 6.37. The molecule has 0 spiro atoms. The first-order valence-electron chi connectivity index (χ1n) is 6.92. The normalized spacial score (nSPS) is 30.7. The van der Waals surface area contributed by atoms with E-state index in [-0.39, 0.29) is 29.6 Å². The summed E-state index contributed by atoms with van der Waals surface area (Å²) in [6, 6.07) is 0. The van der Waals surface area contributed by atoms with E-state index in [4.69, 9.17) is 9.94 Å². The molecule has 6 heteroatoms. The molecule has 19 heavy (non-hydrogen) atoms. The number of likely N-dealkylation sites (tertiary alicyclic amines) is 1. The molecule has 0 aromatic rings. The van der Waals surface area contributed by atoms with Crippen molar-refractivity contribution in [2.45, 2.75) is 38.2 Å². The lowest BCUT2D eigenvalue weighted by Gasteiger charge is -2.26. The molecule has 3 rings (SSSR count). The van der Waals surface area contributed by atoms with Crippen LogP contribution in [0.1, 0.15) is 32.1 Å². The van der Waals surface area contributed by atoms with Gasteiger partial charge in [0, 0.05) is 12.5 Å². The molecule has 0 aromatic carbocycles. The van der Waals surface area contributed by atoms with Gasteiger partial charge in [0.15, 0.2) is 11.8 Å². The summed E-state index contributed by atoms with van der Waals surface area (Å²) in [6.45, 7) is 0.908. The lowest BCUT2D eigenvalue weighted by molar-refractivity contribution is -0.136. The predicted octanol–water partition coefficient (Wildman–Crippen LogP) is 0.864. The second-order valence-corrected chi connectivity index (χ2v) is 5.61. The highest BCUT2D eigenvalue weighted by atomic mass is 16.6. The van der Waals surface area contributed by atoms with Crippen LogP contribution in [0.15, 0.2) is 5.16 Å². The van der Waals surface area contributed by atoms with Crippen molar-refractivity contribution in [2.24, 2.45) is 17.0 Å². The number of aliphatic carboxylic acids is 1. The summed E-state index contributed by atoms with van der Waals surface area (Å²) < 4.78 is 0. The quantitative estimate of drug-likeness (QED) is 0.804. The molecule has 1 N–H and O–H groups in total. The predicted molar refractivity (Wildman–Crippen MR) is 66.6 cm³/mol. The number of carboxylic acid groups (broad SMARTS) is 1.